The summed E-state index contributed by atoms with van der Waals surface area (Å²) in [4.78, 5) is 11.6. The zero-order valence-electron chi connectivity index (χ0n) is 11.2. The van der Waals surface area contributed by atoms with Gasteiger partial charge in [-0.25, -0.2) is 0 Å². The third-order valence-corrected chi connectivity index (χ3v) is 2.81. The van der Waals surface area contributed by atoms with E-state index < -0.39 is 0 Å². The zero-order valence-corrected chi connectivity index (χ0v) is 11.2. The number of aryl methyl sites for hydroxylation is 1. The van der Waals surface area contributed by atoms with Gasteiger partial charge in [-0.05, 0) is 38.7 Å². The minimum Gasteiger partial charge on any atom is -0.393 e. The Balaban J connectivity index is 2.17. The lowest BCUT2D eigenvalue weighted by Gasteiger charge is -2.15. The Kier molecular flexibility index (Phi) is 6.44. The average Bonchev–Trinajstić information content (AvgIpc) is 2.29. The number of hydrogen-bond acceptors (Lipinski definition) is 2. The van der Waals surface area contributed by atoms with Gasteiger partial charge in [0.15, 0.2) is 0 Å². The van der Waals surface area contributed by atoms with Gasteiger partial charge in [-0.15, -0.1) is 0 Å². The molecule has 0 heterocycles. The van der Waals surface area contributed by atoms with Gasteiger partial charge in [-0.2, -0.15) is 0 Å². The van der Waals surface area contributed by atoms with Crippen LogP contribution in [0.15, 0.2) is 30.3 Å². The highest BCUT2D eigenvalue weighted by Gasteiger charge is 2.09. The number of aliphatic hydroxyl groups is 1. The Morgan fingerprint density at radius 1 is 1.28 bits per heavy atom. The minimum atomic E-state index is -0.371. The molecule has 0 saturated heterocycles. The summed E-state index contributed by atoms with van der Waals surface area (Å²) >= 11 is 0. The van der Waals surface area contributed by atoms with Crippen LogP contribution in [0.3, 0.4) is 0 Å². The fourth-order valence-electron chi connectivity index (χ4n) is 2.02. The van der Waals surface area contributed by atoms with Crippen molar-refractivity contribution in [2.24, 2.45) is 0 Å². The summed E-state index contributed by atoms with van der Waals surface area (Å²) in [7, 11) is 0. The maximum absolute atomic E-state index is 11.6. The molecule has 18 heavy (non-hydrogen) atoms. The van der Waals surface area contributed by atoms with Crippen LogP contribution in [0, 0.1) is 0 Å². The molecule has 0 spiro atoms. The summed E-state index contributed by atoms with van der Waals surface area (Å²) in [5.74, 6) is 0.0686. The maximum atomic E-state index is 11.6. The molecule has 0 aliphatic rings. The Morgan fingerprint density at radius 3 is 2.56 bits per heavy atom. The quantitative estimate of drug-likeness (QED) is 0.779. The lowest BCUT2D eigenvalue weighted by atomic mass is 10.1. The van der Waals surface area contributed by atoms with Gasteiger partial charge in [0, 0.05) is 12.5 Å². The van der Waals surface area contributed by atoms with Crippen LogP contribution in [0.1, 0.15) is 38.7 Å². The molecule has 1 rings (SSSR count). The molecule has 0 aromatic heterocycles. The molecule has 1 amide bonds. The van der Waals surface area contributed by atoms with Crippen molar-refractivity contribution in [3.63, 3.8) is 0 Å². The fraction of sp³-hybridized carbons (Fsp3) is 0.533. The molecular weight excluding hydrogens is 226 g/mol. The highest BCUT2D eigenvalue weighted by molar-refractivity contribution is 5.76. The van der Waals surface area contributed by atoms with Crippen molar-refractivity contribution in [1.82, 2.24) is 5.32 Å². The number of carbonyl (C=O) groups excluding carboxylic acids is 1. The van der Waals surface area contributed by atoms with E-state index in [1.165, 1.54) is 5.56 Å². The average molecular weight is 249 g/mol. The van der Waals surface area contributed by atoms with Crippen LogP contribution in [0.25, 0.3) is 0 Å². The van der Waals surface area contributed by atoms with E-state index in [0.29, 0.717) is 12.8 Å². The predicted molar refractivity (Wildman–Crippen MR) is 73.3 cm³/mol. The molecule has 0 bridgehead atoms. The summed E-state index contributed by atoms with van der Waals surface area (Å²) in [5.41, 5.74) is 1.27. The van der Waals surface area contributed by atoms with Crippen molar-refractivity contribution in [3.05, 3.63) is 35.9 Å². The van der Waals surface area contributed by atoms with Gasteiger partial charge in [-0.3, -0.25) is 4.79 Å². The topological polar surface area (TPSA) is 49.3 Å². The molecule has 3 heteroatoms. The van der Waals surface area contributed by atoms with E-state index in [-0.39, 0.29) is 18.1 Å². The van der Waals surface area contributed by atoms with Gasteiger partial charge < -0.3 is 10.4 Å². The highest BCUT2D eigenvalue weighted by atomic mass is 16.3. The normalized spacial score (nSPS) is 13.9. The smallest absolute Gasteiger partial charge is 0.220 e. The lowest BCUT2D eigenvalue weighted by Crippen LogP contribution is -2.34. The van der Waals surface area contributed by atoms with Crippen LogP contribution in [0.5, 0.6) is 0 Å². The molecule has 3 nitrogen and oxygen atoms in total. The van der Waals surface area contributed by atoms with Gasteiger partial charge in [0.25, 0.3) is 0 Å². The second-order valence-corrected chi connectivity index (χ2v) is 4.89. The van der Waals surface area contributed by atoms with Crippen molar-refractivity contribution in [3.8, 4) is 0 Å². The summed E-state index contributed by atoms with van der Waals surface area (Å²) in [6.45, 7) is 3.65. The van der Waals surface area contributed by atoms with Gasteiger partial charge in [0.1, 0.15) is 0 Å². The monoisotopic (exact) mass is 249 g/mol. The minimum absolute atomic E-state index is 0.0363. The van der Waals surface area contributed by atoms with E-state index in [9.17, 15) is 9.90 Å². The highest BCUT2D eigenvalue weighted by Crippen LogP contribution is 2.05. The summed E-state index contributed by atoms with van der Waals surface area (Å²) in [6.07, 6.45) is 2.56. The molecule has 0 aliphatic carbocycles. The first-order chi connectivity index (χ1) is 8.58. The molecule has 1 aromatic rings. The first-order valence-electron chi connectivity index (χ1n) is 6.59. The van der Waals surface area contributed by atoms with E-state index in [2.05, 4.69) is 17.4 Å². The van der Waals surface area contributed by atoms with E-state index in [1.54, 1.807) is 6.92 Å². The van der Waals surface area contributed by atoms with Crippen molar-refractivity contribution >= 4 is 5.91 Å². The van der Waals surface area contributed by atoms with Crippen LogP contribution in [-0.2, 0) is 11.2 Å². The molecule has 2 N–H and O–H groups in total. The van der Waals surface area contributed by atoms with Gasteiger partial charge in [-0.1, -0.05) is 30.3 Å². The van der Waals surface area contributed by atoms with E-state index >= 15 is 0 Å². The molecular formula is C15H23NO2. The number of rotatable bonds is 7. The first-order valence-corrected chi connectivity index (χ1v) is 6.59. The first kappa shape index (κ1) is 14.7. The van der Waals surface area contributed by atoms with Crippen LogP contribution in [0.2, 0.25) is 0 Å². The molecule has 0 aliphatic heterocycles. The molecule has 0 saturated carbocycles. The predicted octanol–water partition coefficient (Wildman–Crippen LogP) is 2.28. The van der Waals surface area contributed by atoms with Gasteiger partial charge in [0.2, 0.25) is 5.91 Å². The van der Waals surface area contributed by atoms with Crippen molar-refractivity contribution in [1.29, 1.82) is 0 Å². The number of nitrogens with one attached hydrogen (secondary N) is 1. The molecule has 100 valence electrons. The van der Waals surface area contributed by atoms with Crippen molar-refractivity contribution in [2.45, 2.75) is 51.7 Å². The van der Waals surface area contributed by atoms with E-state index in [0.717, 1.165) is 12.8 Å². The fourth-order valence-corrected chi connectivity index (χ4v) is 2.02. The van der Waals surface area contributed by atoms with E-state index in [1.807, 2.05) is 25.1 Å². The molecule has 2 unspecified atom stereocenters. The molecule has 0 radical (unpaired) electrons. The zero-order chi connectivity index (χ0) is 13.4. The molecule has 1 aromatic carbocycles. The van der Waals surface area contributed by atoms with Gasteiger partial charge >= 0.3 is 0 Å². The number of carbonyl (C=O) groups is 1. The Morgan fingerprint density at radius 2 is 1.94 bits per heavy atom. The van der Waals surface area contributed by atoms with Gasteiger partial charge in [0.05, 0.1) is 6.10 Å². The van der Waals surface area contributed by atoms with Crippen molar-refractivity contribution < 1.29 is 9.90 Å². The number of benzene rings is 1. The van der Waals surface area contributed by atoms with Crippen LogP contribution in [-0.4, -0.2) is 23.2 Å². The largest absolute Gasteiger partial charge is 0.393 e. The third kappa shape index (κ3) is 6.40. The molecule has 0 fully saturated rings. The summed E-state index contributed by atoms with van der Waals surface area (Å²) < 4.78 is 0. The third-order valence-electron chi connectivity index (χ3n) is 2.81. The number of hydrogen-bond donors (Lipinski definition) is 2. The second-order valence-electron chi connectivity index (χ2n) is 4.89. The second kappa shape index (κ2) is 7.88. The molecule has 2 atom stereocenters. The summed E-state index contributed by atoms with van der Waals surface area (Å²) in [5, 5.41) is 12.1. The summed E-state index contributed by atoms with van der Waals surface area (Å²) in [6, 6.07) is 10.2. The van der Waals surface area contributed by atoms with Crippen molar-refractivity contribution in [2.75, 3.05) is 0 Å². The van der Waals surface area contributed by atoms with E-state index in [4.69, 9.17) is 0 Å². The SMILES string of the molecule is CC(O)CC(C)NC(=O)CCCc1ccccc1. The Hall–Kier alpha value is -1.35. The Bertz CT molecular complexity index is 349. The standard InChI is InChI=1S/C15H23NO2/c1-12(11-13(2)17)16-15(18)10-6-9-14-7-4-3-5-8-14/h3-5,7-8,12-13,17H,6,9-11H2,1-2H3,(H,16,18). The van der Waals surface area contributed by atoms with Crippen LogP contribution < -0.4 is 5.32 Å². The van der Waals surface area contributed by atoms with Crippen LogP contribution in [0.4, 0.5) is 0 Å². The Labute approximate surface area is 109 Å². The number of amides is 1. The lowest BCUT2D eigenvalue weighted by molar-refractivity contribution is -0.121. The van der Waals surface area contributed by atoms with Crippen LogP contribution >= 0.6 is 0 Å². The maximum Gasteiger partial charge on any atom is 0.220 e. The number of aliphatic hydroxyl groups excluding tert-OH is 1.